The van der Waals surface area contributed by atoms with Gasteiger partial charge in [-0.2, -0.15) is 15.0 Å². The van der Waals surface area contributed by atoms with Crippen LogP contribution in [0.1, 0.15) is 11.1 Å². The Balaban J connectivity index is 1.52. The van der Waals surface area contributed by atoms with Gasteiger partial charge in [-0.25, -0.2) is 0 Å². The molecule has 4 aromatic rings. The molecule has 7 heteroatoms. The van der Waals surface area contributed by atoms with Gasteiger partial charge < -0.3 is 15.4 Å². The van der Waals surface area contributed by atoms with Crippen LogP contribution in [-0.4, -0.2) is 15.0 Å². The normalized spacial score (nSPS) is 10.4. The number of anilines is 3. The van der Waals surface area contributed by atoms with E-state index in [0.29, 0.717) is 30.1 Å². The maximum Gasteiger partial charge on any atom is 0.323 e. The number of nitrogens with one attached hydrogen (secondary N) is 2. The summed E-state index contributed by atoms with van der Waals surface area (Å²) in [7, 11) is 0. The van der Waals surface area contributed by atoms with Gasteiger partial charge in [0.25, 0.3) is 0 Å². The van der Waals surface area contributed by atoms with Crippen molar-refractivity contribution < 1.29 is 4.74 Å². The Morgan fingerprint density at radius 1 is 0.700 bits per heavy atom. The fourth-order valence-electron chi connectivity index (χ4n) is 2.71. The van der Waals surface area contributed by atoms with Gasteiger partial charge in [-0.15, -0.1) is 0 Å². The molecular formula is C23H20ClN5O. The van der Waals surface area contributed by atoms with E-state index in [1.807, 2.05) is 84.9 Å². The second kappa shape index (κ2) is 9.71. The average molecular weight is 418 g/mol. The van der Waals surface area contributed by atoms with E-state index in [4.69, 9.17) is 16.3 Å². The van der Waals surface area contributed by atoms with Crippen molar-refractivity contribution >= 4 is 29.2 Å². The first-order valence-electron chi connectivity index (χ1n) is 9.48. The summed E-state index contributed by atoms with van der Waals surface area (Å²) in [6, 6.07) is 27.4. The molecule has 0 radical (unpaired) electrons. The molecule has 1 heterocycles. The number of aromatic nitrogens is 3. The fraction of sp³-hybridized carbons (Fsp3) is 0.0870. The van der Waals surface area contributed by atoms with Gasteiger partial charge in [0.1, 0.15) is 6.61 Å². The summed E-state index contributed by atoms with van der Waals surface area (Å²) in [4.78, 5) is 13.3. The molecule has 0 saturated carbocycles. The molecule has 0 spiro atoms. The van der Waals surface area contributed by atoms with Gasteiger partial charge in [0, 0.05) is 17.3 Å². The molecule has 30 heavy (non-hydrogen) atoms. The molecule has 0 unspecified atom stereocenters. The number of rotatable bonds is 8. The monoisotopic (exact) mass is 417 g/mol. The Kier molecular flexibility index (Phi) is 6.37. The van der Waals surface area contributed by atoms with Crippen molar-refractivity contribution in [2.24, 2.45) is 0 Å². The summed E-state index contributed by atoms with van der Waals surface area (Å²) in [6.07, 6.45) is 0. The largest absolute Gasteiger partial charge is 0.458 e. The summed E-state index contributed by atoms with van der Waals surface area (Å²) >= 11 is 5.95. The molecule has 0 aliphatic rings. The molecule has 4 rings (SSSR count). The van der Waals surface area contributed by atoms with E-state index in [1.54, 1.807) is 0 Å². The van der Waals surface area contributed by atoms with E-state index in [0.717, 1.165) is 16.8 Å². The summed E-state index contributed by atoms with van der Waals surface area (Å²) in [5, 5.41) is 7.11. The van der Waals surface area contributed by atoms with Crippen LogP contribution in [0.3, 0.4) is 0 Å². The summed E-state index contributed by atoms with van der Waals surface area (Å²) in [5.74, 6) is 0.819. The minimum absolute atomic E-state index is 0.242. The number of para-hydroxylation sites is 1. The van der Waals surface area contributed by atoms with E-state index in [1.165, 1.54) is 0 Å². The highest BCUT2D eigenvalue weighted by Gasteiger charge is 2.09. The maximum atomic E-state index is 5.95. The van der Waals surface area contributed by atoms with E-state index < -0.39 is 0 Å². The minimum Gasteiger partial charge on any atom is -0.458 e. The number of ether oxygens (including phenoxy) is 1. The standard InChI is InChI=1S/C23H20ClN5O/c24-19-13-11-17(12-14-19)15-25-21-27-22(26-20-9-5-2-6-10-20)29-23(28-21)30-16-18-7-3-1-4-8-18/h1-14H,15-16H2,(H2,25,26,27,28,29). The van der Waals surface area contributed by atoms with Crippen LogP contribution in [0.15, 0.2) is 84.9 Å². The highest BCUT2D eigenvalue weighted by Crippen LogP contribution is 2.18. The molecule has 3 aromatic carbocycles. The number of benzene rings is 3. The molecule has 0 atom stereocenters. The zero-order valence-electron chi connectivity index (χ0n) is 16.1. The van der Waals surface area contributed by atoms with Crippen LogP contribution in [0.25, 0.3) is 0 Å². The lowest BCUT2D eigenvalue weighted by Crippen LogP contribution is -2.09. The lowest BCUT2D eigenvalue weighted by atomic mass is 10.2. The molecule has 0 bridgehead atoms. The van der Waals surface area contributed by atoms with Crippen molar-refractivity contribution in [1.82, 2.24) is 15.0 Å². The van der Waals surface area contributed by atoms with Crippen LogP contribution in [0.5, 0.6) is 6.01 Å². The van der Waals surface area contributed by atoms with E-state index >= 15 is 0 Å². The highest BCUT2D eigenvalue weighted by molar-refractivity contribution is 6.30. The smallest absolute Gasteiger partial charge is 0.323 e. The molecule has 0 saturated heterocycles. The van der Waals surface area contributed by atoms with E-state index in [-0.39, 0.29) is 6.01 Å². The zero-order valence-corrected chi connectivity index (χ0v) is 16.9. The lowest BCUT2D eigenvalue weighted by Gasteiger charge is -2.11. The molecular weight excluding hydrogens is 398 g/mol. The van der Waals surface area contributed by atoms with Crippen molar-refractivity contribution in [2.75, 3.05) is 10.6 Å². The molecule has 1 aromatic heterocycles. The molecule has 0 aliphatic heterocycles. The van der Waals surface area contributed by atoms with Crippen molar-refractivity contribution in [3.63, 3.8) is 0 Å². The lowest BCUT2D eigenvalue weighted by molar-refractivity contribution is 0.281. The van der Waals surface area contributed by atoms with Crippen LogP contribution < -0.4 is 15.4 Å². The first-order valence-corrected chi connectivity index (χ1v) is 9.85. The predicted molar refractivity (Wildman–Crippen MR) is 119 cm³/mol. The second-order valence-electron chi connectivity index (χ2n) is 6.51. The Hall–Kier alpha value is -3.64. The van der Waals surface area contributed by atoms with Gasteiger partial charge >= 0.3 is 6.01 Å². The Morgan fingerprint density at radius 2 is 1.37 bits per heavy atom. The number of nitrogens with zero attached hydrogens (tertiary/aromatic N) is 3. The molecule has 150 valence electrons. The van der Waals surface area contributed by atoms with Gasteiger partial charge in [0.2, 0.25) is 11.9 Å². The number of halogens is 1. The van der Waals surface area contributed by atoms with Crippen molar-refractivity contribution in [3.05, 3.63) is 101 Å². The SMILES string of the molecule is Clc1ccc(CNc2nc(Nc3ccccc3)nc(OCc3ccccc3)n2)cc1. The summed E-state index contributed by atoms with van der Waals surface area (Å²) in [6.45, 7) is 0.913. The van der Waals surface area contributed by atoms with Gasteiger partial charge in [-0.3, -0.25) is 0 Å². The number of hydrogen-bond acceptors (Lipinski definition) is 6. The van der Waals surface area contributed by atoms with Crippen LogP contribution in [0.2, 0.25) is 5.02 Å². The topological polar surface area (TPSA) is 72.0 Å². The minimum atomic E-state index is 0.242. The van der Waals surface area contributed by atoms with Crippen molar-refractivity contribution in [3.8, 4) is 6.01 Å². The molecule has 2 N–H and O–H groups in total. The van der Waals surface area contributed by atoms with Crippen molar-refractivity contribution in [1.29, 1.82) is 0 Å². The quantitative estimate of drug-likeness (QED) is 0.396. The fourth-order valence-corrected chi connectivity index (χ4v) is 2.84. The van der Waals surface area contributed by atoms with E-state index in [9.17, 15) is 0 Å². The molecule has 0 amide bonds. The Morgan fingerprint density at radius 3 is 2.10 bits per heavy atom. The zero-order chi connectivity index (χ0) is 20.6. The Bertz CT molecular complexity index is 1080. The van der Waals surface area contributed by atoms with Gasteiger partial charge in [0.05, 0.1) is 0 Å². The first-order chi connectivity index (χ1) is 14.7. The summed E-state index contributed by atoms with van der Waals surface area (Å²) in [5.41, 5.74) is 2.97. The number of hydrogen-bond donors (Lipinski definition) is 2. The first kappa shape index (κ1) is 19.7. The third-order valence-corrected chi connectivity index (χ3v) is 4.47. The predicted octanol–water partition coefficient (Wildman–Crippen LogP) is 5.46. The van der Waals surface area contributed by atoms with E-state index in [2.05, 4.69) is 25.6 Å². The van der Waals surface area contributed by atoms with Crippen LogP contribution >= 0.6 is 11.6 Å². The van der Waals surface area contributed by atoms with Gasteiger partial charge in [0.15, 0.2) is 0 Å². The molecule has 6 nitrogen and oxygen atoms in total. The van der Waals surface area contributed by atoms with Gasteiger partial charge in [-0.05, 0) is 35.4 Å². The van der Waals surface area contributed by atoms with Crippen LogP contribution in [-0.2, 0) is 13.2 Å². The van der Waals surface area contributed by atoms with Crippen molar-refractivity contribution in [2.45, 2.75) is 13.2 Å². The second-order valence-corrected chi connectivity index (χ2v) is 6.95. The summed E-state index contributed by atoms with van der Waals surface area (Å²) < 4.78 is 5.82. The van der Waals surface area contributed by atoms with Gasteiger partial charge in [-0.1, -0.05) is 72.3 Å². The maximum absolute atomic E-state index is 5.95. The molecule has 0 fully saturated rings. The third kappa shape index (κ3) is 5.68. The molecule has 0 aliphatic carbocycles. The Labute approximate surface area is 180 Å². The highest BCUT2D eigenvalue weighted by atomic mass is 35.5. The van der Waals surface area contributed by atoms with Crippen LogP contribution in [0.4, 0.5) is 17.6 Å². The average Bonchev–Trinajstić information content (AvgIpc) is 2.79. The van der Waals surface area contributed by atoms with Crippen LogP contribution in [0, 0.1) is 0 Å². The third-order valence-electron chi connectivity index (χ3n) is 4.22.